The molecule has 5 unspecified atom stereocenters. The minimum absolute atomic E-state index is 0.209. The van der Waals surface area contributed by atoms with Crippen molar-refractivity contribution in [3.8, 4) is 0 Å². The van der Waals surface area contributed by atoms with Crippen LogP contribution in [0.2, 0.25) is 0 Å². The molecule has 182 valence electrons. The number of phosphoric acid groups is 1. The molecule has 2 rings (SSSR count). The minimum atomic E-state index is -4.65. The zero-order valence-electron chi connectivity index (χ0n) is 18.5. The summed E-state index contributed by atoms with van der Waals surface area (Å²) in [6.07, 6.45) is 12.7. The topological polar surface area (TPSA) is 138 Å². The molecule has 0 aromatic carbocycles. The van der Waals surface area contributed by atoms with Gasteiger partial charge in [0.15, 0.2) is 0 Å². The number of hydrogen-bond donors (Lipinski definition) is 3. The Balaban J connectivity index is 1.38. The Morgan fingerprint density at radius 1 is 0.935 bits per heavy atom. The van der Waals surface area contributed by atoms with Crippen LogP contribution in [0.1, 0.15) is 84.0 Å². The lowest BCUT2D eigenvalue weighted by Gasteiger charge is -2.15. The number of aliphatic hydroxyl groups is 1. The van der Waals surface area contributed by atoms with Crippen molar-refractivity contribution in [2.45, 2.75) is 114 Å². The molecule has 5 atom stereocenters. The van der Waals surface area contributed by atoms with Crippen LogP contribution in [0.25, 0.3) is 0 Å². The molecule has 3 N–H and O–H groups in total. The van der Waals surface area contributed by atoms with Crippen LogP contribution < -0.4 is 0 Å². The SMILES string of the molecule is CCCCCC1OC1CC1OC1CCCCCCCC(=O)OC(CO)COP(=O)(O)O. The number of esters is 1. The number of hydrogen-bond acceptors (Lipinski definition) is 7. The van der Waals surface area contributed by atoms with Crippen molar-refractivity contribution in [1.29, 1.82) is 0 Å². The molecule has 2 aliphatic heterocycles. The molecule has 0 aromatic heterocycles. The second-order valence-corrected chi connectivity index (χ2v) is 9.78. The number of rotatable bonds is 19. The molecule has 0 radical (unpaired) electrons. The van der Waals surface area contributed by atoms with Gasteiger partial charge in [-0.15, -0.1) is 0 Å². The Bertz CT molecular complexity index is 567. The van der Waals surface area contributed by atoms with E-state index in [4.69, 9.17) is 29.1 Å². The number of aliphatic hydroxyl groups excluding tert-OH is 1. The van der Waals surface area contributed by atoms with Gasteiger partial charge in [0.1, 0.15) is 6.10 Å². The number of epoxide rings is 2. The highest BCUT2D eigenvalue weighted by Gasteiger charge is 2.47. The van der Waals surface area contributed by atoms with Crippen molar-refractivity contribution >= 4 is 13.8 Å². The Hall–Kier alpha value is -0.540. The van der Waals surface area contributed by atoms with Gasteiger partial charge in [0.2, 0.25) is 0 Å². The normalized spacial score (nSPS) is 25.9. The third kappa shape index (κ3) is 12.3. The van der Waals surface area contributed by atoms with Crippen molar-refractivity contribution in [2.24, 2.45) is 0 Å². The summed E-state index contributed by atoms with van der Waals surface area (Å²) in [4.78, 5) is 29.0. The molecule has 2 heterocycles. The Morgan fingerprint density at radius 2 is 1.52 bits per heavy atom. The lowest BCUT2D eigenvalue weighted by atomic mass is 10.0. The van der Waals surface area contributed by atoms with E-state index in [1.165, 1.54) is 25.7 Å². The molecular formula is C21H39O9P. The lowest BCUT2D eigenvalue weighted by molar-refractivity contribution is -0.153. The van der Waals surface area contributed by atoms with Crippen LogP contribution in [0.3, 0.4) is 0 Å². The quantitative estimate of drug-likeness (QED) is 0.113. The number of unbranched alkanes of at least 4 members (excludes halogenated alkanes) is 6. The molecule has 31 heavy (non-hydrogen) atoms. The van der Waals surface area contributed by atoms with E-state index < -0.39 is 33.1 Å². The maximum Gasteiger partial charge on any atom is 0.469 e. The van der Waals surface area contributed by atoms with Crippen LogP contribution >= 0.6 is 7.82 Å². The number of carbonyl (C=O) groups excluding carboxylic acids is 1. The van der Waals surface area contributed by atoms with Gasteiger partial charge in [-0.2, -0.15) is 0 Å². The monoisotopic (exact) mass is 466 g/mol. The lowest BCUT2D eigenvalue weighted by Crippen LogP contribution is -2.26. The van der Waals surface area contributed by atoms with Crippen LogP contribution in [0.15, 0.2) is 0 Å². The summed E-state index contributed by atoms with van der Waals surface area (Å²) in [5.41, 5.74) is 0. The average molecular weight is 467 g/mol. The van der Waals surface area contributed by atoms with Gasteiger partial charge in [-0.3, -0.25) is 9.32 Å². The van der Waals surface area contributed by atoms with Gasteiger partial charge in [-0.25, -0.2) is 4.57 Å². The summed E-state index contributed by atoms with van der Waals surface area (Å²) in [7, 11) is -4.65. The number of phosphoric ester groups is 1. The van der Waals surface area contributed by atoms with Crippen molar-refractivity contribution in [1.82, 2.24) is 0 Å². The molecule has 0 amide bonds. The molecule has 2 saturated heterocycles. The van der Waals surface area contributed by atoms with E-state index >= 15 is 0 Å². The van der Waals surface area contributed by atoms with Gasteiger partial charge in [-0.05, 0) is 19.3 Å². The standard InChI is InChI=1S/C21H39O9P/c1-2-3-7-10-17-19(29-17)13-20-18(30-20)11-8-5-4-6-9-12-21(23)28-16(14-22)15-27-31(24,25)26/h16-20,22H,2-15H2,1H3,(H2,24,25,26). The highest BCUT2D eigenvalue weighted by molar-refractivity contribution is 7.46. The predicted octanol–water partition coefficient (Wildman–Crippen LogP) is 3.24. The van der Waals surface area contributed by atoms with E-state index in [0.29, 0.717) is 30.8 Å². The zero-order valence-corrected chi connectivity index (χ0v) is 19.4. The first-order valence-electron chi connectivity index (χ1n) is 11.6. The molecule has 2 fully saturated rings. The van der Waals surface area contributed by atoms with Gasteiger partial charge >= 0.3 is 13.8 Å². The second kappa shape index (κ2) is 13.9. The second-order valence-electron chi connectivity index (χ2n) is 8.54. The van der Waals surface area contributed by atoms with Crippen LogP contribution in [0.5, 0.6) is 0 Å². The Morgan fingerprint density at radius 3 is 2.10 bits per heavy atom. The van der Waals surface area contributed by atoms with Crippen molar-refractivity contribution < 1.29 is 43.0 Å². The van der Waals surface area contributed by atoms with Gasteiger partial charge in [-0.1, -0.05) is 51.9 Å². The van der Waals surface area contributed by atoms with E-state index in [9.17, 15) is 9.36 Å². The summed E-state index contributed by atoms with van der Waals surface area (Å²) in [6.45, 7) is 1.12. The number of ether oxygens (including phenoxy) is 3. The van der Waals surface area contributed by atoms with Crippen LogP contribution in [0.4, 0.5) is 0 Å². The molecule has 2 aliphatic rings. The van der Waals surface area contributed by atoms with Gasteiger partial charge in [0.25, 0.3) is 0 Å². The number of carbonyl (C=O) groups is 1. The Labute approximate surface area is 185 Å². The average Bonchev–Trinajstić information content (AvgIpc) is 3.63. The van der Waals surface area contributed by atoms with Crippen LogP contribution in [-0.2, 0) is 28.1 Å². The van der Waals surface area contributed by atoms with Gasteiger partial charge in [0, 0.05) is 12.8 Å². The first-order chi connectivity index (χ1) is 14.8. The minimum Gasteiger partial charge on any atom is -0.457 e. The van der Waals surface area contributed by atoms with E-state index in [-0.39, 0.29) is 6.42 Å². The largest absolute Gasteiger partial charge is 0.469 e. The maximum atomic E-state index is 11.7. The van der Waals surface area contributed by atoms with Crippen molar-refractivity contribution in [3.63, 3.8) is 0 Å². The summed E-state index contributed by atoms with van der Waals surface area (Å²) in [6, 6.07) is 0. The fraction of sp³-hybridized carbons (Fsp3) is 0.952. The first kappa shape index (κ1) is 26.7. The molecular weight excluding hydrogens is 427 g/mol. The third-order valence-electron chi connectivity index (χ3n) is 5.73. The van der Waals surface area contributed by atoms with E-state index in [1.54, 1.807) is 0 Å². The van der Waals surface area contributed by atoms with E-state index in [0.717, 1.165) is 38.5 Å². The molecule has 0 bridgehead atoms. The first-order valence-corrected chi connectivity index (χ1v) is 13.2. The highest BCUT2D eigenvalue weighted by Crippen LogP contribution is 2.39. The third-order valence-corrected chi connectivity index (χ3v) is 6.22. The van der Waals surface area contributed by atoms with Crippen LogP contribution in [0, 0.1) is 0 Å². The van der Waals surface area contributed by atoms with Gasteiger partial charge in [0.05, 0.1) is 37.6 Å². The zero-order chi connectivity index (χ0) is 22.7. The smallest absolute Gasteiger partial charge is 0.457 e. The Kier molecular flexibility index (Phi) is 12.0. The highest BCUT2D eigenvalue weighted by atomic mass is 31.2. The fourth-order valence-electron chi connectivity index (χ4n) is 3.80. The molecule has 0 spiro atoms. The van der Waals surface area contributed by atoms with Gasteiger partial charge < -0.3 is 29.1 Å². The summed E-state index contributed by atoms with van der Waals surface area (Å²) in [5, 5.41) is 9.09. The summed E-state index contributed by atoms with van der Waals surface area (Å²) in [5.74, 6) is -0.502. The predicted molar refractivity (Wildman–Crippen MR) is 113 cm³/mol. The molecule has 0 aromatic rings. The van der Waals surface area contributed by atoms with E-state index in [2.05, 4.69) is 11.4 Å². The van der Waals surface area contributed by atoms with Crippen molar-refractivity contribution in [2.75, 3.05) is 13.2 Å². The van der Waals surface area contributed by atoms with Crippen molar-refractivity contribution in [3.05, 3.63) is 0 Å². The molecule has 10 heteroatoms. The summed E-state index contributed by atoms with van der Waals surface area (Å²) >= 11 is 0. The molecule has 0 aliphatic carbocycles. The molecule has 9 nitrogen and oxygen atoms in total. The summed E-state index contributed by atoms with van der Waals surface area (Å²) < 4.78 is 31.4. The molecule has 0 saturated carbocycles. The maximum absolute atomic E-state index is 11.7. The fourth-order valence-corrected chi connectivity index (χ4v) is 4.16. The van der Waals surface area contributed by atoms with E-state index in [1.807, 2.05) is 0 Å². The van der Waals surface area contributed by atoms with Crippen LogP contribution in [-0.4, -0.2) is 64.6 Å².